The molecule has 0 saturated heterocycles. The van der Waals surface area contributed by atoms with E-state index in [4.69, 9.17) is 0 Å². The van der Waals surface area contributed by atoms with Crippen LogP contribution < -0.4 is 10.9 Å². The van der Waals surface area contributed by atoms with Crippen molar-refractivity contribution >= 4 is 33.1 Å². The van der Waals surface area contributed by atoms with Crippen LogP contribution in [0.5, 0.6) is 0 Å². The molecule has 0 fully saturated rings. The van der Waals surface area contributed by atoms with Gasteiger partial charge in [-0.1, -0.05) is 55.5 Å². The van der Waals surface area contributed by atoms with Crippen LogP contribution in [0.15, 0.2) is 65.5 Å². The van der Waals surface area contributed by atoms with Crippen molar-refractivity contribution in [3.8, 4) is 10.4 Å². The molecule has 0 unspecified atom stereocenters. The van der Waals surface area contributed by atoms with Crippen LogP contribution in [0.3, 0.4) is 0 Å². The third-order valence-corrected chi connectivity index (χ3v) is 5.95. The van der Waals surface area contributed by atoms with Crippen molar-refractivity contribution in [1.29, 1.82) is 0 Å². The summed E-state index contributed by atoms with van der Waals surface area (Å²) in [7, 11) is 0. The Labute approximate surface area is 172 Å². The molecule has 0 saturated carbocycles. The molecule has 5 nitrogen and oxygen atoms in total. The molecule has 6 heteroatoms. The van der Waals surface area contributed by atoms with Crippen molar-refractivity contribution in [2.75, 3.05) is 5.32 Å². The highest BCUT2D eigenvalue weighted by Gasteiger charge is 2.15. The average Bonchev–Trinajstić information content (AvgIpc) is 3.16. The number of thiophene rings is 1. The molecule has 0 aliphatic carbocycles. The van der Waals surface area contributed by atoms with Crippen molar-refractivity contribution in [1.82, 2.24) is 9.55 Å². The first-order chi connectivity index (χ1) is 14.1. The molecular formula is C23H21N3O2S. The van der Waals surface area contributed by atoms with E-state index >= 15 is 0 Å². The van der Waals surface area contributed by atoms with Crippen LogP contribution in [-0.2, 0) is 17.8 Å². The summed E-state index contributed by atoms with van der Waals surface area (Å²) < 4.78 is 1.44. The van der Waals surface area contributed by atoms with E-state index in [0.29, 0.717) is 16.0 Å². The van der Waals surface area contributed by atoms with Crippen LogP contribution in [0.1, 0.15) is 18.3 Å². The Morgan fingerprint density at radius 1 is 1.10 bits per heavy atom. The first-order valence-corrected chi connectivity index (χ1v) is 10.3. The van der Waals surface area contributed by atoms with E-state index in [1.807, 2.05) is 67.6 Å². The largest absolute Gasteiger partial charge is 0.324 e. The van der Waals surface area contributed by atoms with Gasteiger partial charge in [0.05, 0.1) is 5.39 Å². The highest BCUT2D eigenvalue weighted by atomic mass is 32.1. The third kappa shape index (κ3) is 3.84. The van der Waals surface area contributed by atoms with Gasteiger partial charge in [0.2, 0.25) is 5.91 Å². The van der Waals surface area contributed by atoms with E-state index in [-0.39, 0.29) is 18.0 Å². The van der Waals surface area contributed by atoms with Gasteiger partial charge in [0.15, 0.2) is 0 Å². The van der Waals surface area contributed by atoms with Gasteiger partial charge < -0.3 is 5.32 Å². The fraction of sp³-hybridized carbons (Fsp3) is 0.174. The molecule has 0 aliphatic rings. The lowest BCUT2D eigenvalue weighted by Crippen LogP contribution is -2.30. The zero-order valence-corrected chi connectivity index (χ0v) is 17.1. The number of aromatic nitrogens is 2. The molecule has 1 N–H and O–H groups in total. The molecule has 4 aromatic rings. The van der Waals surface area contributed by atoms with Crippen LogP contribution in [0.4, 0.5) is 5.69 Å². The zero-order valence-electron chi connectivity index (χ0n) is 16.3. The van der Waals surface area contributed by atoms with Crippen LogP contribution >= 0.6 is 11.3 Å². The number of nitrogens with zero attached hydrogens (tertiary/aromatic N) is 2. The number of carbonyl (C=O) groups is 1. The molecule has 4 rings (SSSR count). The summed E-state index contributed by atoms with van der Waals surface area (Å²) >= 11 is 1.49. The minimum absolute atomic E-state index is 0.0673. The van der Waals surface area contributed by atoms with E-state index < -0.39 is 0 Å². The third-order valence-electron chi connectivity index (χ3n) is 4.87. The molecular weight excluding hydrogens is 382 g/mol. The minimum Gasteiger partial charge on any atom is -0.324 e. The molecule has 0 spiro atoms. The van der Waals surface area contributed by atoms with Crippen LogP contribution in [0, 0.1) is 6.92 Å². The topological polar surface area (TPSA) is 64.0 Å². The second-order valence-corrected chi connectivity index (χ2v) is 7.84. The highest BCUT2D eigenvalue weighted by molar-refractivity contribution is 7.21. The first-order valence-electron chi connectivity index (χ1n) is 9.51. The Morgan fingerprint density at radius 2 is 1.83 bits per heavy atom. The van der Waals surface area contributed by atoms with Crippen molar-refractivity contribution in [2.24, 2.45) is 0 Å². The monoisotopic (exact) mass is 403 g/mol. The van der Waals surface area contributed by atoms with Gasteiger partial charge in [-0.25, -0.2) is 4.98 Å². The molecule has 0 radical (unpaired) electrons. The summed E-state index contributed by atoms with van der Waals surface area (Å²) in [6.45, 7) is 3.73. The van der Waals surface area contributed by atoms with Gasteiger partial charge in [0.1, 0.15) is 17.2 Å². The molecule has 2 aromatic carbocycles. The van der Waals surface area contributed by atoms with Gasteiger partial charge in [0, 0.05) is 10.6 Å². The molecule has 2 heterocycles. The van der Waals surface area contributed by atoms with Crippen molar-refractivity contribution < 1.29 is 4.79 Å². The summed E-state index contributed by atoms with van der Waals surface area (Å²) in [5, 5.41) is 3.46. The molecule has 29 heavy (non-hydrogen) atoms. The van der Waals surface area contributed by atoms with Crippen LogP contribution in [-0.4, -0.2) is 15.5 Å². The second kappa shape index (κ2) is 8.01. The Balaban J connectivity index is 1.65. The predicted octanol–water partition coefficient (Wildman–Crippen LogP) is 4.63. The lowest BCUT2D eigenvalue weighted by Gasteiger charge is -2.12. The SMILES string of the molecule is CCc1ccccc1NC(=O)Cn1c(C)nc2sc(-c3ccccc3)cc2c1=O. The summed E-state index contributed by atoms with van der Waals surface area (Å²) in [6, 6.07) is 19.5. The number of benzene rings is 2. The van der Waals surface area contributed by atoms with E-state index in [2.05, 4.69) is 10.3 Å². The number of hydrogen-bond acceptors (Lipinski definition) is 4. The average molecular weight is 404 g/mol. The fourth-order valence-corrected chi connectivity index (χ4v) is 4.41. The van der Waals surface area contributed by atoms with E-state index in [0.717, 1.165) is 28.1 Å². The first kappa shape index (κ1) is 19.1. The summed E-state index contributed by atoms with van der Waals surface area (Å²) in [6.07, 6.45) is 0.820. The standard InChI is InChI=1S/C23H21N3O2S/c1-3-16-9-7-8-12-19(16)25-21(27)14-26-15(2)24-22-18(23(26)28)13-20(29-22)17-10-5-4-6-11-17/h4-13H,3,14H2,1-2H3,(H,25,27). The van der Waals surface area contributed by atoms with Gasteiger partial charge in [-0.05, 0) is 36.6 Å². The van der Waals surface area contributed by atoms with E-state index in [1.165, 1.54) is 15.9 Å². The summed E-state index contributed by atoms with van der Waals surface area (Å²) in [4.78, 5) is 31.9. The number of fused-ring (bicyclic) bond motifs is 1. The highest BCUT2D eigenvalue weighted by Crippen LogP contribution is 2.30. The van der Waals surface area contributed by atoms with Gasteiger partial charge >= 0.3 is 0 Å². The Kier molecular flexibility index (Phi) is 5.27. The predicted molar refractivity (Wildman–Crippen MR) is 119 cm³/mol. The van der Waals surface area contributed by atoms with Crippen molar-refractivity contribution in [3.63, 3.8) is 0 Å². The lowest BCUT2D eigenvalue weighted by molar-refractivity contribution is -0.116. The number of carbonyl (C=O) groups excluding carboxylic acids is 1. The quantitative estimate of drug-likeness (QED) is 0.528. The van der Waals surface area contributed by atoms with Gasteiger partial charge in [0.25, 0.3) is 5.56 Å². The molecule has 2 aromatic heterocycles. The number of hydrogen-bond donors (Lipinski definition) is 1. The Bertz CT molecular complexity index is 1240. The molecule has 146 valence electrons. The summed E-state index contributed by atoms with van der Waals surface area (Å²) in [5.74, 6) is 0.290. The van der Waals surface area contributed by atoms with Gasteiger partial charge in [-0.15, -0.1) is 11.3 Å². The Morgan fingerprint density at radius 3 is 2.59 bits per heavy atom. The fourth-order valence-electron chi connectivity index (χ4n) is 3.33. The maximum Gasteiger partial charge on any atom is 0.262 e. The lowest BCUT2D eigenvalue weighted by atomic mass is 10.1. The number of anilines is 1. The minimum atomic E-state index is -0.240. The number of para-hydroxylation sites is 1. The Hall–Kier alpha value is -3.25. The number of aryl methyl sites for hydroxylation is 2. The molecule has 1 amide bonds. The van der Waals surface area contributed by atoms with Gasteiger partial charge in [-0.2, -0.15) is 0 Å². The van der Waals surface area contributed by atoms with Crippen LogP contribution in [0.25, 0.3) is 20.7 Å². The van der Waals surface area contributed by atoms with Crippen molar-refractivity contribution in [2.45, 2.75) is 26.8 Å². The van der Waals surface area contributed by atoms with Crippen LogP contribution in [0.2, 0.25) is 0 Å². The normalized spacial score (nSPS) is 11.0. The number of rotatable bonds is 5. The summed E-state index contributed by atoms with van der Waals surface area (Å²) in [5.41, 5.74) is 2.70. The van der Waals surface area contributed by atoms with E-state index in [1.54, 1.807) is 6.92 Å². The number of amides is 1. The maximum absolute atomic E-state index is 13.1. The molecule has 0 aliphatic heterocycles. The molecule has 0 atom stereocenters. The van der Waals surface area contributed by atoms with Crippen molar-refractivity contribution in [3.05, 3.63) is 82.4 Å². The molecule has 0 bridgehead atoms. The second-order valence-electron chi connectivity index (χ2n) is 6.80. The van der Waals surface area contributed by atoms with Gasteiger partial charge in [-0.3, -0.25) is 14.2 Å². The van der Waals surface area contributed by atoms with E-state index in [9.17, 15) is 9.59 Å². The smallest absolute Gasteiger partial charge is 0.262 e. The number of nitrogens with one attached hydrogen (secondary N) is 1. The zero-order chi connectivity index (χ0) is 20.4. The maximum atomic E-state index is 13.1.